The summed E-state index contributed by atoms with van der Waals surface area (Å²) in [7, 11) is 4.47. The van der Waals surface area contributed by atoms with Crippen LogP contribution >= 0.6 is 0 Å². The maximum Gasteiger partial charge on any atom is 0.257 e. The van der Waals surface area contributed by atoms with Gasteiger partial charge in [0.1, 0.15) is 5.76 Å². The van der Waals surface area contributed by atoms with Gasteiger partial charge in [-0.25, -0.2) is 0 Å². The smallest absolute Gasteiger partial charge is 0.257 e. The minimum atomic E-state index is -0.359. The van der Waals surface area contributed by atoms with E-state index in [2.05, 4.69) is 10.5 Å². The SMILES string of the molecule is COc1cc(C(=O)Nc2cc(C)on2)cc(OC)c1OC. The quantitative estimate of drug-likeness (QED) is 0.910. The van der Waals surface area contributed by atoms with E-state index in [-0.39, 0.29) is 5.91 Å². The molecule has 0 bridgehead atoms. The molecule has 7 heteroatoms. The van der Waals surface area contributed by atoms with Crippen LogP contribution in [0.4, 0.5) is 5.82 Å². The van der Waals surface area contributed by atoms with Crippen molar-refractivity contribution in [2.45, 2.75) is 6.92 Å². The molecular formula is C14H16N2O5. The van der Waals surface area contributed by atoms with Crippen LogP contribution in [0.5, 0.6) is 17.2 Å². The normalized spacial score (nSPS) is 10.1. The summed E-state index contributed by atoms with van der Waals surface area (Å²) in [6, 6.07) is 4.74. The molecule has 21 heavy (non-hydrogen) atoms. The van der Waals surface area contributed by atoms with Crippen molar-refractivity contribution in [1.29, 1.82) is 0 Å². The minimum absolute atomic E-state index is 0.339. The van der Waals surface area contributed by atoms with Crippen molar-refractivity contribution in [3.05, 3.63) is 29.5 Å². The Kier molecular flexibility index (Phi) is 4.32. The number of amides is 1. The van der Waals surface area contributed by atoms with Crippen molar-refractivity contribution in [1.82, 2.24) is 5.16 Å². The Morgan fingerprint density at radius 1 is 1.10 bits per heavy atom. The summed E-state index contributed by atoms with van der Waals surface area (Å²) in [6.07, 6.45) is 0. The number of nitrogens with zero attached hydrogens (tertiary/aromatic N) is 1. The molecule has 0 aliphatic heterocycles. The van der Waals surface area contributed by atoms with Crippen LogP contribution in [-0.4, -0.2) is 32.4 Å². The number of anilines is 1. The predicted molar refractivity (Wildman–Crippen MR) is 75.3 cm³/mol. The van der Waals surface area contributed by atoms with Crippen molar-refractivity contribution in [3.8, 4) is 17.2 Å². The van der Waals surface area contributed by atoms with E-state index in [0.717, 1.165) is 0 Å². The Hall–Kier alpha value is -2.70. The molecule has 1 aromatic heterocycles. The van der Waals surface area contributed by atoms with E-state index in [9.17, 15) is 4.79 Å². The first kappa shape index (κ1) is 14.7. The topological polar surface area (TPSA) is 82.8 Å². The second-order valence-electron chi connectivity index (χ2n) is 4.19. The summed E-state index contributed by atoms with van der Waals surface area (Å²) in [5.74, 6) is 1.81. The highest BCUT2D eigenvalue weighted by atomic mass is 16.5. The zero-order valence-corrected chi connectivity index (χ0v) is 12.2. The van der Waals surface area contributed by atoms with E-state index in [1.165, 1.54) is 21.3 Å². The highest BCUT2D eigenvalue weighted by Crippen LogP contribution is 2.38. The molecule has 0 atom stereocenters. The lowest BCUT2D eigenvalue weighted by Gasteiger charge is -2.13. The summed E-state index contributed by atoms with van der Waals surface area (Å²) in [6.45, 7) is 1.74. The fraction of sp³-hybridized carbons (Fsp3) is 0.286. The van der Waals surface area contributed by atoms with Gasteiger partial charge in [-0.1, -0.05) is 5.16 Å². The highest BCUT2D eigenvalue weighted by Gasteiger charge is 2.17. The number of aromatic nitrogens is 1. The Bertz CT molecular complexity index is 626. The zero-order chi connectivity index (χ0) is 15.4. The molecule has 0 saturated carbocycles. The van der Waals surface area contributed by atoms with Gasteiger partial charge in [-0.15, -0.1) is 0 Å². The first-order valence-corrected chi connectivity index (χ1v) is 6.13. The maximum absolute atomic E-state index is 12.2. The third kappa shape index (κ3) is 3.07. The minimum Gasteiger partial charge on any atom is -0.493 e. The lowest BCUT2D eigenvalue weighted by molar-refractivity contribution is 0.102. The van der Waals surface area contributed by atoms with Crippen molar-refractivity contribution in [2.75, 3.05) is 26.6 Å². The van der Waals surface area contributed by atoms with Crippen LogP contribution < -0.4 is 19.5 Å². The number of methoxy groups -OCH3 is 3. The predicted octanol–water partition coefficient (Wildman–Crippen LogP) is 2.26. The lowest BCUT2D eigenvalue weighted by atomic mass is 10.1. The molecule has 7 nitrogen and oxygen atoms in total. The van der Waals surface area contributed by atoms with Gasteiger partial charge in [-0.3, -0.25) is 4.79 Å². The molecule has 0 unspecified atom stereocenters. The number of rotatable bonds is 5. The van der Waals surface area contributed by atoms with E-state index >= 15 is 0 Å². The molecule has 112 valence electrons. The average molecular weight is 292 g/mol. The average Bonchev–Trinajstić information content (AvgIpc) is 2.90. The van der Waals surface area contributed by atoms with Crippen LogP contribution in [0.1, 0.15) is 16.1 Å². The van der Waals surface area contributed by atoms with Crippen molar-refractivity contribution >= 4 is 11.7 Å². The summed E-state index contributed by atoms with van der Waals surface area (Å²) >= 11 is 0. The Morgan fingerprint density at radius 3 is 2.14 bits per heavy atom. The zero-order valence-electron chi connectivity index (χ0n) is 12.2. The second kappa shape index (κ2) is 6.17. The fourth-order valence-electron chi connectivity index (χ4n) is 1.83. The third-order valence-electron chi connectivity index (χ3n) is 2.80. The van der Waals surface area contributed by atoms with Gasteiger partial charge < -0.3 is 24.1 Å². The van der Waals surface area contributed by atoms with Crippen LogP contribution in [0.2, 0.25) is 0 Å². The fourth-order valence-corrected chi connectivity index (χ4v) is 1.83. The summed E-state index contributed by atoms with van der Waals surface area (Å²) in [5, 5.41) is 6.33. The number of hydrogen-bond donors (Lipinski definition) is 1. The van der Waals surface area contributed by atoms with Crippen LogP contribution in [0.25, 0.3) is 0 Å². The first-order chi connectivity index (χ1) is 10.1. The van der Waals surface area contributed by atoms with Crippen LogP contribution in [0.3, 0.4) is 0 Å². The van der Waals surface area contributed by atoms with E-state index in [4.69, 9.17) is 18.7 Å². The van der Waals surface area contributed by atoms with Gasteiger partial charge in [0.05, 0.1) is 21.3 Å². The molecule has 1 N–H and O–H groups in total. The molecule has 0 aliphatic carbocycles. The van der Waals surface area contributed by atoms with Gasteiger partial charge in [0, 0.05) is 11.6 Å². The second-order valence-corrected chi connectivity index (χ2v) is 4.19. The molecule has 0 fully saturated rings. The Balaban J connectivity index is 2.32. The number of ether oxygens (including phenoxy) is 3. The van der Waals surface area contributed by atoms with Crippen molar-refractivity contribution in [3.63, 3.8) is 0 Å². The Morgan fingerprint density at radius 2 is 1.71 bits per heavy atom. The van der Waals surface area contributed by atoms with Crippen LogP contribution in [0, 0.1) is 6.92 Å². The number of nitrogens with one attached hydrogen (secondary N) is 1. The third-order valence-corrected chi connectivity index (χ3v) is 2.80. The summed E-state index contributed by atoms with van der Waals surface area (Å²) < 4.78 is 20.5. The van der Waals surface area contributed by atoms with Gasteiger partial charge in [0.15, 0.2) is 17.3 Å². The summed E-state index contributed by atoms with van der Waals surface area (Å²) in [4.78, 5) is 12.2. The maximum atomic E-state index is 12.2. The van der Waals surface area contributed by atoms with Gasteiger partial charge in [0.2, 0.25) is 5.75 Å². The molecule has 1 heterocycles. The molecule has 1 amide bonds. The lowest BCUT2D eigenvalue weighted by Crippen LogP contribution is -2.12. The Labute approximate surface area is 121 Å². The van der Waals surface area contributed by atoms with Crippen molar-refractivity contribution < 1.29 is 23.5 Å². The number of carbonyl (C=O) groups excluding carboxylic acids is 1. The number of hydrogen-bond acceptors (Lipinski definition) is 6. The van der Waals surface area contributed by atoms with E-state index in [1.807, 2.05) is 0 Å². The molecule has 2 aromatic rings. The highest BCUT2D eigenvalue weighted by molar-refractivity contribution is 6.04. The standard InChI is InChI=1S/C14H16N2O5/c1-8-5-12(16-21-8)15-14(17)9-6-10(18-2)13(20-4)11(7-9)19-3/h5-7H,1-4H3,(H,15,16,17). The van der Waals surface area contributed by atoms with Crippen LogP contribution in [-0.2, 0) is 0 Å². The number of benzene rings is 1. The summed E-state index contributed by atoms with van der Waals surface area (Å²) in [5.41, 5.74) is 0.352. The molecule has 0 aliphatic rings. The molecule has 1 aromatic carbocycles. The van der Waals surface area contributed by atoms with E-state index in [1.54, 1.807) is 25.1 Å². The monoisotopic (exact) mass is 292 g/mol. The molecule has 0 radical (unpaired) electrons. The molecule has 0 spiro atoms. The van der Waals surface area contributed by atoms with E-state index in [0.29, 0.717) is 34.4 Å². The van der Waals surface area contributed by atoms with Gasteiger partial charge >= 0.3 is 0 Å². The van der Waals surface area contributed by atoms with Gasteiger partial charge in [0.25, 0.3) is 5.91 Å². The largest absolute Gasteiger partial charge is 0.493 e. The van der Waals surface area contributed by atoms with Gasteiger partial charge in [-0.05, 0) is 19.1 Å². The molecular weight excluding hydrogens is 276 g/mol. The van der Waals surface area contributed by atoms with Crippen LogP contribution in [0.15, 0.2) is 22.7 Å². The number of aryl methyl sites for hydroxylation is 1. The molecule has 0 saturated heterocycles. The van der Waals surface area contributed by atoms with E-state index < -0.39 is 0 Å². The molecule has 2 rings (SSSR count). The van der Waals surface area contributed by atoms with Crippen molar-refractivity contribution in [2.24, 2.45) is 0 Å². The first-order valence-electron chi connectivity index (χ1n) is 6.13. The number of carbonyl (C=O) groups is 1. The van der Waals surface area contributed by atoms with Gasteiger partial charge in [-0.2, -0.15) is 0 Å².